The highest BCUT2D eigenvalue weighted by Crippen LogP contribution is 2.17. The predicted molar refractivity (Wildman–Crippen MR) is 79.9 cm³/mol. The van der Waals surface area contributed by atoms with E-state index in [1.54, 1.807) is 31.3 Å². The zero-order valence-corrected chi connectivity index (χ0v) is 11.6. The number of rotatable bonds is 3. The Hall–Kier alpha value is -2.49. The second kappa shape index (κ2) is 6.10. The fraction of sp³-hybridized carbons (Fsp3) is 0.188. The standard InChI is InChI=1S/C16H18N2O2/c1-12-5-3-4-6-13(12)11-17-16(20)18(2)14-7-9-15(19)10-8-14/h3-10,19H,11H2,1-2H3,(H,17,20). The Morgan fingerprint density at radius 2 is 1.80 bits per heavy atom. The lowest BCUT2D eigenvalue weighted by atomic mass is 10.1. The van der Waals surface area contributed by atoms with Crippen LogP contribution in [0.4, 0.5) is 10.5 Å². The highest BCUT2D eigenvalue weighted by atomic mass is 16.3. The van der Waals surface area contributed by atoms with Gasteiger partial charge in [-0.2, -0.15) is 0 Å². The highest BCUT2D eigenvalue weighted by Gasteiger charge is 2.10. The molecule has 2 aromatic rings. The number of phenolic OH excluding ortho intramolecular Hbond substituents is 1. The van der Waals surface area contributed by atoms with E-state index < -0.39 is 0 Å². The molecule has 0 aliphatic rings. The Morgan fingerprint density at radius 3 is 2.45 bits per heavy atom. The Morgan fingerprint density at radius 1 is 1.15 bits per heavy atom. The monoisotopic (exact) mass is 270 g/mol. The van der Waals surface area contributed by atoms with Gasteiger partial charge in [0.25, 0.3) is 0 Å². The minimum atomic E-state index is -0.182. The molecule has 2 aromatic carbocycles. The Labute approximate surface area is 118 Å². The van der Waals surface area contributed by atoms with E-state index in [1.165, 1.54) is 4.90 Å². The topological polar surface area (TPSA) is 52.6 Å². The van der Waals surface area contributed by atoms with Crippen molar-refractivity contribution in [2.75, 3.05) is 11.9 Å². The third kappa shape index (κ3) is 3.29. The lowest BCUT2D eigenvalue weighted by molar-refractivity contribution is 0.247. The molecule has 0 radical (unpaired) electrons. The quantitative estimate of drug-likeness (QED) is 0.900. The summed E-state index contributed by atoms with van der Waals surface area (Å²) in [4.78, 5) is 13.6. The number of phenols is 1. The van der Waals surface area contributed by atoms with Gasteiger partial charge in [-0.3, -0.25) is 4.90 Å². The highest BCUT2D eigenvalue weighted by molar-refractivity contribution is 5.91. The molecule has 4 nitrogen and oxygen atoms in total. The SMILES string of the molecule is Cc1ccccc1CNC(=O)N(C)c1ccc(O)cc1. The lowest BCUT2D eigenvalue weighted by Crippen LogP contribution is -2.36. The number of aryl methyl sites for hydroxylation is 1. The second-order valence-corrected chi connectivity index (χ2v) is 4.66. The Bertz CT molecular complexity index is 594. The fourth-order valence-electron chi connectivity index (χ4n) is 1.89. The number of nitrogens with zero attached hydrogens (tertiary/aromatic N) is 1. The molecule has 0 bridgehead atoms. The molecular weight excluding hydrogens is 252 g/mol. The van der Waals surface area contributed by atoms with Crippen LogP contribution in [0.3, 0.4) is 0 Å². The van der Waals surface area contributed by atoms with Crippen LogP contribution in [0.5, 0.6) is 5.75 Å². The zero-order valence-electron chi connectivity index (χ0n) is 11.6. The molecule has 0 spiro atoms. The summed E-state index contributed by atoms with van der Waals surface area (Å²) in [6, 6.07) is 14.3. The van der Waals surface area contributed by atoms with Gasteiger partial charge in [0.15, 0.2) is 0 Å². The van der Waals surface area contributed by atoms with Gasteiger partial charge in [-0.15, -0.1) is 0 Å². The molecule has 0 aliphatic carbocycles. The number of aromatic hydroxyl groups is 1. The van der Waals surface area contributed by atoms with E-state index in [-0.39, 0.29) is 11.8 Å². The van der Waals surface area contributed by atoms with Crippen LogP contribution in [-0.2, 0) is 6.54 Å². The summed E-state index contributed by atoms with van der Waals surface area (Å²) in [5.41, 5.74) is 2.98. The summed E-state index contributed by atoms with van der Waals surface area (Å²) in [5.74, 6) is 0.183. The van der Waals surface area contributed by atoms with Crippen molar-refractivity contribution in [2.24, 2.45) is 0 Å². The van der Waals surface area contributed by atoms with Crippen molar-refractivity contribution in [2.45, 2.75) is 13.5 Å². The Balaban J connectivity index is 1.98. The maximum atomic E-state index is 12.1. The van der Waals surface area contributed by atoms with Gasteiger partial charge in [-0.25, -0.2) is 4.79 Å². The average molecular weight is 270 g/mol. The minimum Gasteiger partial charge on any atom is -0.508 e. The Kier molecular flexibility index (Phi) is 4.25. The van der Waals surface area contributed by atoms with Crippen molar-refractivity contribution in [1.29, 1.82) is 0 Å². The average Bonchev–Trinajstić information content (AvgIpc) is 2.46. The van der Waals surface area contributed by atoms with Crippen LogP contribution < -0.4 is 10.2 Å². The summed E-state index contributed by atoms with van der Waals surface area (Å²) in [6.45, 7) is 2.51. The number of amides is 2. The molecule has 4 heteroatoms. The van der Waals surface area contributed by atoms with Crippen molar-refractivity contribution < 1.29 is 9.90 Å². The molecule has 0 saturated carbocycles. The van der Waals surface area contributed by atoms with Gasteiger partial charge in [-0.1, -0.05) is 24.3 Å². The summed E-state index contributed by atoms with van der Waals surface area (Å²) in [7, 11) is 1.69. The number of urea groups is 1. The van der Waals surface area contributed by atoms with Crippen LogP contribution in [0.1, 0.15) is 11.1 Å². The summed E-state index contributed by atoms with van der Waals surface area (Å²) >= 11 is 0. The molecule has 0 aliphatic heterocycles. The van der Waals surface area contributed by atoms with Crippen molar-refractivity contribution in [3.05, 3.63) is 59.7 Å². The molecule has 2 amide bonds. The van der Waals surface area contributed by atoms with Crippen LogP contribution in [-0.4, -0.2) is 18.2 Å². The number of anilines is 1. The van der Waals surface area contributed by atoms with Crippen LogP contribution in [0, 0.1) is 6.92 Å². The van der Waals surface area contributed by atoms with Crippen molar-refractivity contribution in [3.8, 4) is 5.75 Å². The van der Waals surface area contributed by atoms with E-state index in [9.17, 15) is 9.90 Å². The van der Waals surface area contributed by atoms with Crippen LogP contribution in [0.25, 0.3) is 0 Å². The number of benzene rings is 2. The summed E-state index contributed by atoms with van der Waals surface area (Å²) < 4.78 is 0. The van der Waals surface area contributed by atoms with Crippen LogP contribution in [0.15, 0.2) is 48.5 Å². The number of hydrogen-bond acceptors (Lipinski definition) is 2. The van der Waals surface area contributed by atoms with E-state index in [2.05, 4.69) is 5.32 Å². The third-order valence-corrected chi connectivity index (χ3v) is 3.23. The first kappa shape index (κ1) is 13.9. The number of carbonyl (C=O) groups is 1. The molecule has 0 fully saturated rings. The number of hydrogen-bond donors (Lipinski definition) is 2. The zero-order chi connectivity index (χ0) is 14.5. The normalized spacial score (nSPS) is 10.1. The molecule has 104 valence electrons. The van der Waals surface area contributed by atoms with Crippen molar-refractivity contribution >= 4 is 11.7 Å². The van der Waals surface area contributed by atoms with Gasteiger partial charge in [0.05, 0.1) is 0 Å². The third-order valence-electron chi connectivity index (χ3n) is 3.23. The van der Waals surface area contributed by atoms with E-state index in [4.69, 9.17) is 0 Å². The predicted octanol–water partition coefficient (Wildman–Crippen LogP) is 3.05. The largest absolute Gasteiger partial charge is 0.508 e. The molecule has 0 aromatic heterocycles. The van der Waals surface area contributed by atoms with Gasteiger partial charge in [0, 0.05) is 19.3 Å². The van der Waals surface area contributed by atoms with E-state index >= 15 is 0 Å². The van der Waals surface area contributed by atoms with Gasteiger partial charge < -0.3 is 10.4 Å². The van der Waals surface area contributed by atoms with Crippen LogP contribution >= 0.6 is 0 Å². The maximum Gasteiger partial charge on any atom is 0.321 e. The van der Waals surface area contributed by atoms with Crippen molar-refractivity contribution in [1.82, 2.24) is 5.32 Å². The first-order valence-electron chi connectivity index (χ1n) is 6.43. The lowest BCUT2D eigenvalue weighted by Gasteiger charge is -2.18. The molecule has 2 rings (SSSR count). The smallest absolute Gasteiger partial charge is 0.321 e. The molecule has 0 saturated heterocycles. The number of carbonyl (C=O) groups excluding carboxylic acids is 1. The summed E-state index contributed by atoms with van der Waals surface area (Å²) in [6.07, 6.45) is 0. The van der Waals surface area contributed by atoms with E-state index in [1.807, 2.05) is 31.2 Å². The van der Waals surface area contributed by atoms with Gasteiger partial charge in [0.2, 0.25) is 0 Å². The number of nitrogens with one attached hydrogen (secondary N) is 1. The molecule has 0 heterocycles. The van der Waals surface area contributed by atoms with Gasteiger partial charge >= 0.3 is 6.03 Å². The maximum absolute atomic E-state index is 12.1. The van der Waals surface area contributed by atoms with E-state index in [0.717, 1.165) is 16.8 Å². The second-order valence-electron chi connectivity index (χ2n) is 4.66. The molecular formula is C16H18N2O2. The van der Waals surface area contributed by atoms with Gasteiger partial charge in [0.1, 0.15) is 5.75 Å². The molecule has 2 N–H and O–H groups in total. The summed E-state index contributed by atoms with van der Waals surface area (Å²) in [5, 5.41) is 12.1. The first-order valence-corrected chi connectivity index (χ1v) is 6.43. The molecule has 20 heavy (non-hydrogen) atoms. The first-order chi connectivity index (χ1) is 9.58. The van der Waals surface area contributed by atoms with Crippen molar-refractivity contribution in [3.63, 3.8) is 0 Å². The molecule has 0 unspecified atom stereocenters. The minimum absolute atomic E-state index is 0.182. The van der Waals surface area contributed by atoms with Crippen LogP contribution in [0.2, 0.25) is 0 Å². The molecule has 0 atom stereocenters. The van der Waals surface area contributed by atoms with Gasteiger partial charge in [-0.05, 0) is 42.3 Å². The van der Waals surface area contributed by atoms with E-state index in [0.29, 0.717) is 6.54 Å². The fourth-order valence-corrected chi connectivity index (χ4v) is 1.89.